The summed E-state index contributed by atoms with van der Waals surface area (Å²) in [7, 11) is 0. The molecule has 0 spiro atoms. The SMILES string of the molecule is OCCN1CCC(CN(Cc2ccccc2)C2CC2)C1. The molecule has 110 valence electrons. The fourth-order valence-corrected chi connectivity index (χ4v) is 3.34. The van der Waals surface area contributed by atoms with Gasteiger partial charge in [0.2, 0.25) is 0 Å². The summed E-state index contributed by atoms with van der Waals surface area (Å²) < 4.78 is 0. The number of β-amino-alcohol motifs (C(OH)–C–C–N with tert-alkyl or cyclic N) is 1. The molecule has 1 aliphatic heterocycles. The lowest BCUT2D eigenvalue weighted by Crippen LogP contribution is -2.33. The van der Waals surface area contributed by atoms with E-state index in [1.807, 2.05) is 0 Å². The van der Waals surface area contributed by atoms with Gasteiger partial charge in [-0.05, 0) is 37.3 Å². The average molecular weight is 274 g/mol. The second-order valence-corrected chi connectivity index (χ2v) is 6.33. The van der Waals surface area contributed by atoms with E-state index >= 15 is 0 Å². The fraction of sp³-hybridized carbons (Fsp3) is 0.647. The highest BCUT2D eigenvalue weighted by molar-refractivity contribution is 5.15. The zero-order valence-electron chi connectivity index (χ0n) is 12.2. The Labute approximate surface area is 122 Å². The number of aliphatic hydroxyl groups is 1. The van der Waals surface area contributed by atoms with Crippen molar-refractivity contribution in [3.63, 3.8) is 0 Å². The van der Waals surface area contributed by atoms with Crippen LogP contribution in [0.5, 0.6) is 0 Å². The van der Waals surface area contributed by atoms with Gasteiger partial charge < -0.3 is 10.0 Å². The second-order valence-electron chi connectivity index (χ2n) is 6.33. The molecule has 1 saturated heterocycles. The molecule has 3 nitrogen and oxygen atoms in total. The van der Waals surface area contributed by atoms with Crippen LogP contribution in [0.15, 0.2) is 30.3 Å². The van der Waals surface area contributed by atoms with Crippen LogP contribution >= 0.6 is 0 Å². The summed E-state index contributed by atoms with van der Waals surface area (Å²) >= 11 is 0. The molecule has 20 heavy (non-hydrogen) atoms. The predicted octanol–water partition coefficient (Wildman–Crippen LogP) is 1.97. The average Bonchev–Trinajstić information content (AvgIpc) is 3.22. The Morgan fingerprint density at radius 3 is 2.65 bits per heavy atom. The first-order valence-electron chi connectivity index (χ1n) is 7.96. The largest absolute Gasteiger partial charge is 0.395 e. The van der Waals surface area contributed by atoms with Crippen molar-refractivity contribution in [3.8, 4) is 0 Å². The summed E-state index contributed by atoms with van der Waals surface area (Å²) in [5, 5.41) is 9.04. The van der Waals surface area contributed by atoms with E-state index in [1.54, 1.807) is 0 Å². The van der Waals surface area contributed by atoms with E-state index in [2.05, 4.69) is 40.1 Å². The third-order valence-corrected chi connectivity index (χ3v) is 4.57. The molecule has 1 aromatic rings. The van der Waals surface area contributed by atoms with Crippen LogP contribution < -0.4 is 0 Å². The number of rotatable bonds is 7. The minimum atomic E-state index is 0.295. The zero-order chi connectivity index (χ0) is 13.8. The second kappa shape index (κ2) is 6.70. The highest BCUT2D eigenvalue weighted by Gasteiger charge is 2.32. The quantitative estimate of drug-likeness (QED) is 0.823. The van der Waals surface area contributed by atoms with Gasteiger partial charge in [0.15, 0.2) is 0 Å². The van der Waals surface area contributed by atoms with Crippen molar-refractivity contribution in [3.05, 3.63) is 35.9 Å². The number of hydrogen-bond donors (Lipinski definition) is 1. The van der Waals surface area contributed by atoms with E-state index in [9.17, 15) is 0 Å². The summed E-state index contributed by atoms with van der Waals surface area (Å²) in [6, 6.07) is 11.7. The first kappa shape index (κ1) is 14.1. The maximum Gasteiger partial charge on any atom is 0.0558 e. The first-order valence-corrected chi connectivity index (χ1v) is 7.96. The molecule has 1 unspecified atom stereocenters. The Morgan fingerprint density at radius 1 is 1.15 bits per heavy atom. The lowest BCUT2D eigenvalue weighted by atomic mass is 10.1. The van der Waals surface area contributed by atoms with E-state index in [1.165, 1.54) is 37.9 Å². The molecule has 3 heteroatoms. The smallest absolute Gasteiger partial charge is 0.0558 e. The van der Waals surface area contributed by atoms with E-state index in [-0.39, 0.29) is 0 Å². The maximum absolute atomic E-state index is 9.04. The van der Waals surface area contributed by atoms with Crippen LogP contribution in [0.3, 0.4) is 0 Å². The highest BCUT2D eigenvalue weighted by Crippen LogP contribution is 2.30. The lowest BCUT2D eigenvalue weighted by Gasteiger charge is -2.25. The van der Waals surface area contributed by atoms with Crippen LogP contribution in [0.2, 0.25) is 0 Å². The van der Waals surface area contributed by atoms with E-state index in [0.717, 1.165) is 31.6 Å². The molecular weight excluding hydrogens is 248 g/mol. The molecule has 0 aromatic heterocycles. The molecule has 1 aromatic carbocycles. The molecule has 1 heterocycles. The van der Waals surface area contributed by atoms with Crippen LogP contribution in [-0.2, 0) is 6.54 Å². The van der Waals surface area contributed by atoms with Crippen molar-refractivity contribution in [2.75, 3.05) is 32.8 Å². The molecule has 3 rings (SSSR count). The summed E-state index contributed by atoms with van der Waals surface area (Å²) in [4.78, 5) is 5.08. The van der Waals surface area contributed by atoms with Crippen LogP contribution in [0.1, 0.15) is 24.8 Å². The van der Waals surface area contributed by atoms with Gasteiger partial charge in [0.25, 0.3) is 0 Å². The topological polar surface area (TPSA) is 26.7 Å². The van der Waals surface area contributed by atoms with Gasteiger partial charge in [-0.15, -0.1) is 0 Å². The van der Waals surface area contributed by atoms with Crippen LogP contribution in [-0.4, -0.2) is 53.7 Å². The Balaban J connectivity index is 1.53. The van der Waals surface area contributed by atoms with Gasteiger partial charge in [-0.3, -0.25) is 4.90 Å². The number of likely N-dealkylation sites (tertiary alicyclic amines) is 1. The van der Waals surface area contributed by atoms with Crippen molar-refractivity contribution < 1.29 is 5.11 Å². The molecule has 2 fully saturated rings. The molecule has 2 aliphatic rings. The van der Waals surface area contributed by atoms with Crippen LogP contribution in [0.4, 0.5) is 0 Å². The Kier molecular flexibility index (Phi) is 4.71. The lowest BCUT2D eigenvalue weighted by molar-refractivity contribution is 0.194. The standard InChI is InChI=1S/C17H26N2O/c20-11-10-18-9-8-16(12-18)14-19(17-6-7-17)13-15-4-2-1-3-5-15/h1-5,16-17,20H,6-14H2. The number of aliphatic hydroxyl groups excluding tert-OH is 1. The van der Waals surface area contributed by atoms with Crippen molar-refractivity contribution in [2.24, 2.45) is 5.92 Å². The third-order valence-electron chi connectivity index (χ3n) is 4.57. The van der Waals surface area contributed by atoms with Crippen molar-refractivity contribution in [1.29, 1.82) is 0 Å². The summed E-state index contributed by atoms with van der Waals surface area (Å²) in [6.07, 6.45) is 4.04. The molecule has 1 aliphatic carbocycles. The van der Waals surface area contributed by atoms with E-state index in [4.69, 9.17) is 5.11 Å². The van der Waals surface area contributed by atoms with Crippen LogP contribution in [0, 0.1) is 5.92 Å². The van der Waals surface area contributed by atoms with Gasteiger partial charge in [0.1, 0.15) is 0 Å². The summed E-state index contributed by atoms with van der Waals surface area (Å²) in [5.41, 5.74) is 1.43. The summed E-state index contributed by atoms with van der Waals surface area (Å²) in [6.45, 7) is 5.79. The van der Waals surface area contributed by atoms with Crippen LogP contribution in [0.25, 0.3) is 0 Å². The molecule has 0 amide bonds. The molecule has 1 atom stereocenters. The zero-order valence-corrected chi connectivity index (χ0v) is 12.2. The van der Waals surface area contributed by atoms with E-state index < -0.39 is 0 Å². The van der Waals surface area contributed by atoms with Gasteiger partial charge in [-0.1, -0.05) is 30.3 Å². The van der Waals surface area contributed by atoms with Crippen molar-refractivity contribution in [1.82, 2.24) is 9.80 Å². The molecule has 1 saturated carbocycles. The molecule has 0 radical (unpaired) electrons. The Bertz CT molecular complexity index is 405. The molecular formula is C17H26N2O. The maximum atomic E-state index is 9.04. The van der Waals surface area contributed by atoms with Crippen molar-refractivity contribution >= 4 is 0 Å². The predicted molar refractivity (Wildman–Crippen MR) is 81.5 cm³/mol. The number of benzene rings is 1. The van der Waals surface area contributed by atoms with Gasteiger partial charge in [-0.2, -0.15) is 0 Å². The van der Waals surface area contributed by atoms with Gasteiger partial charge >= 0.3 is 0 Å². The number of hydrogen-bond acceptors (Lipinski definition) is 3. The third kappa shape index (κ3) is 3.81. The van der Waals surface area contributed by atoms with Gasteiger partial charge in [-0.25, -0.2) is 0 Å². The fourth-order valence-electron chi connectivity index (χ4n) is 3.34. The van der Waals surface area contributed by atoms with Gasteiger partial charge in [0, 0.05) is 32.2 Å². The first-order chi connectivity index (χ1) is 9.85. The van der Waals surface area contributed by atoms with E-state index in [0.29, 0.717) is 6.61 Å². The summed E-state index contributed by atoms with van der Waals surface area (Å²) in [5.74, 6) is 0.783. The van der Waals surface area contributed by atoms with Gasteiger partial charge in [0.05, 0.1) is 6.61 Å². The molecule has 0 bridgehead atoms. The molecule has 1 N–H and O–H groups in total. The monoisotopic (exact) mass is 274 g/mol. The van der Waals surface area contributed by atoms with Crippen molar-refractivity contribution in [2.45, 2.75) is 31.8 Å². The Hall–Kier alpha value is -0.900. The minimum absolute atomic E-state index is 0.295. The Morgan fingerprint density at radius 2 is 1.95 bits per heavy atom. The highest BCUT2D eigenvalue weighted by atomic mass is 16.3. The number of nitrogens with zero attached hydrogens (tertiary/aromatic N) is 2. The normalized spacial score (nSPS) is 23.6. The minimum Gasteiger partial charge on any atom is -0.395 e.